The van der Waals surface area contributed by atoms with Gasteiger partial charge in [0, 0.05) is 18.9 Å². The summed E-state index contributed by atoms with van der Waals surface area (Å²) in [6.07, 6.45) is 3.42. The molecule has 1 aliphatic heterocycles. The van der Waals surface area contributed by atoms with Gasteiger partial charge in [-0.2, -0.15) is 0 Å². The Kier molecular flexibility index (Phi) is 1.67. The van der Waals surface area contributed by atoms with Gasteiger partial charge < -0.3 is 4.57 Å². The van der Waals surface area contributed by atoms with E-state index in [0.29, 0.717) is 0 Å². The summed E-state index contributed by atoms with van der Waals surface area (Å²) in [7, 11) is 0. The van der Waals surface area contributed by atoms with Crippen LogP contribution in [0.1, 0.15) is 19.2 Å². The van der Waals surface area contributed by atoms with Crippen molar-refractivity contribution >= 4 is 5.78 Å². The van der Waals surface area contributed by atoms with E-state index in [2.05, 4.69) is 10.2 Å². The molecule has 4 nitrogen and oxygen atoms in total. The molecule has 0 radical (unpaired) electrons. The molecule has 0 spiro atoms. The molecule has 2 heterocycles. The normalized spacial score (nSPS) is 21.9. The van der Waals surface area contributed by atoms with Crippen molar-refractivity contribution in [1.82, 2.24) is 14.8 Å². The van der Waals surface area contributed by atoms with E-state index in [4.69, 9.17) is 0 Å². The first-order valence-electron chi connectivity index (χ1n) is 4.14. The van der Waals surface area contributed by atoms with Gasteiger partial charge in [-0.3, -0.25) is 4.79 Å². The molecule has 1 aromatic heterocycles. The molecule has 0 saturated carbocycles. The van der Waals surface area contributed by atoms with Gasteiger partial charge >= 0.3 is 0 Å². The number of hydrogen-bond acceptors (Lipinski definition) is 3. The largest absolute Gasteiger partial charge is 0.318 e. The Morgan fingerprint density at radius 1 is 1.75 bits per heavy atom. The summed E-state index contributed by atoms with van der Waals surface area (Å²) in [5.41, 5.74) is 0. The van der Waals surface area contributed by atoms with Gasteiger partial charge in [0.25, 0.3) is 0 Å². The number of carbonyl (C=O) groups excluding carboxylic acids is 1. The van der Waals surface area contributed by atoms with Crippen molar-refractivity contribution in [3.63, 3.8) is 0 Å². The standard InChI is InChI=1S/C8H11N3O/c1-6(12)7-2-3-11-5-9-10-8(11)4-7/h5,7H,2-4H2,1H3. The van der Waals surface area contributed by atoms with Crippen molar-refractivity contribution in [3.05, 3.63) is 12.2 Å². The molecular weight excluding hydrogens is 154 g/mol. The summed E-state index contributed by atoms with van der Waals surface area (Å²) >= 11 is 0. The highest BCUT2D eigenvalue weighted by atomic mass is 16.1. The summed E-state index contributed by atoms with van der Waals surface area (Å²) in [5.74, 6) is 1.38. The van der Waals surface area contributed by atoms with Crippen molar-refractivity contribution in [2.24, 2.45) is 5.92 Å². The van der Waals surface area contributed by atoms with Crippen molar-refractivity contribution < 1.29 is 4.79 Å². The van der Waals surface area contributed by atoms with Crippen molar-refractivity contribution in [2.45, 2.75) is 26.3 Å². The van der Waals surface area contributed by atoms with Gasteiger partial charge in [0.1, 0.15) is 17.9 Å². The Hall–Kier alpha value is -1.19. The molecule has 1 atom stereocenters. The third-order valence-corrected chi connectivity index (χ3v) is 2.42. The van der Waals surface area contributed by atoms with Crippen molar-refractivity contribution in [2.75, 3.05) is 0 Å². The average molecular weight is 165 g/mol. The molecule has 12 heavy (non-hydrogen) atoms. The van der Waals surface area contributed by atoms with Crippen LogP contribution < -0.4 is 0 Å². The van der Waals surface area contributed by atoms with E-state index < -0.39 is 0 Å². The zero-order valence-electron chi connectivity index (χ0n) is 7.03. The zero-order valence-corrected chi connectivity index (χ0v) is 7.03. The SMILES string of the molecule is CC(=O)C1CCn2cnnc2C1. The monoisotopic (exact) mass is 165 g/mol. The maximum atomic E-state index is 11.1. The molecule has 64 valence electrons. The fraction of sp³-hybridized carbons (Fsp3) is 0.625. The minimum atomic E-state index is 0.168. The second-order valence-corrected chi connectivity index (χ2v) is 3.24. The van der Waals surface area contributed by atoms with E-state index in [9.17, 15) is 4.79 Å². The lowest BCUT2D eigenvalue weighted by molar-refractivity contribution is -0.121. The topological polar surface area (TPSA) is 47.8 Å². The Morgan fingerprint density at radius 2 is 2.58 bits per heavy atom. The minimum absolute atomic E-state index is 0.168. The van der Waals surface area contributed by atoms with Crippen LogP contribution in [0.3, 0.4) is 0 Å². The van der Waals surface area contributed by atoms with Gasteiger partial charge in [-0.25, -0.2) is 0 Å². The number of hydrogen-bond donors (Lipinski definition) is 0. The van der Waals surface area contributed by atoms with Gasteiger partial charge in [-0.05, 0) is 13.3 Å². The number of aryl methyl sites for hydroxylation is 1. The number of Topliss-reactive ketones (excluding diaryl/α,β-unsaturated/α-hetero) is 1. The van der Waals surface area contributed by atoms with Crippen molar-refractivity contribution in [1.29, 1.82) is 0 Å². The number of rotatable bonds is 1. The van der Waals surface area contributed by atoms with Gasteiger partial charge in [0.2, 0.25) is 0 Å². The minimum Gasteiger partial charge on any atom is -0.318 e. The fourth-order valence-electron chi connectivity index (χ4n) is 1.59. The first kappa shape index (κ1) is 7.46. The summed E-state index contributed by atoms with van der Waals surface area (Å²) in [6, 6.07) is 0. The molecular formula is C8H11N3O. The maximum absolute atomic E-state index is 11.1. The van der Waals surface area contributed by atoms with Crippen LogP contribution >= 0.6 is 0 Å². The molecule has 0 fully saturated rings. The Morgan fingerprint density at radius 3 is 3.33 bits per heavy atom. The van der Waals surface area contributed by atoms with Gasteiger partial charge in [-0.1, -0.05) is 0 Å². The molecule has 1 unspecified atom stereocenters. The van der Waals surface area contributed by atoms with Crippen LogP contribution in [0.5, 0.6) is 0 Å². The molecule has 0 aliphatic carbocycles. The van der Waals surface area contributed by atoms with E-state index in [1.54, 1.807) is 13.3 Å². The van der Waals surface area contributed by atoms with Crippen LogP contribution in [0, 0.1) is 5.92 Å². The van der Waals surface area contributed by atoms with Crippen LogP contribution in [0.2, 0.25) is 0 Å². The summed E-state index contributed by atoms with van der Waals surface area (Å²) in [4.78, 5) is 11.1. The Balaban J connectivity index is 2.20. The van der Waals surface area contributed by atoms with Crippen LogP contribution in [0.4, 0.5) is 0 Å². The van der Waals surface area contributed by atoms with Crippen LogP contribution in [-0.2, 0) is 17.8 Å². The Labute approximate surface area is 70.6 Å². The summed E-state index contributed by atoms with van der Waals surface area (Å²) in [5, 5.41) is 7.75. The Bertz CT molecular complexity index is 305. The quantitative estimate of drug-likeness (QED) is 0.606. The number of aromatic nitrogens is 3. The number of nitrogens with zero attached hydrogens (tertiary/aromatic N) is 3. The smallest absolute Gasteiger partial charge is 0.133 e. The van der Waals surface area contributed by atoms with Gasteiger partial charge in [0.05, 0.1) is 0 Å². The zero-order chi connectivity index (χ0) is 8.55. The third-order valence-electron chi connectivity index (χ3n) is 2.42. The maximum Gasteiger partial charge on any atom is 0.133 e. The third kappa shape index (κ3) is 1.13. The first-order chi connectivity index (χ1) is 5.77. The predicted octanol–water partition coefficient (Wildman–Crippen LogP) is 0.429. The highest BCUT2D eigenvalue weighted by Crippen LogP contribution is 2.18. The molecule has 0 bridgehead atoms. The molecule has 0 amide bonds. The second kappa shape index (κ2) is 2.69. The molecule has 2 rings (SSSR count). The van der Waals surface area contributed by atoms with Gasteiger partial charge in [-0.15, -0.1) is 10.2 Å². The van der Waals surface area contributed by atoms with Gasteiger partial charge in [0.15, 0.2) is 0 Å². The first-order valence-corrected chi connectivity index (χ1v) is 4.14. The predicted molar refractivity (Wildman–Crippen MR) is 42.5 cm³/mol. The van der Waals surface area contributed by atoms with E-state index in [0.717, 1.165) is 25.2 Å². The number of fused-ring (bicyclic) bond motifs is 1. The molecule has 1 aromatic rings. The van der Waals surface area contributed by atoms with E-state index in [-0.39, 0.29) is 11.7 Å². The summed E-state index contributed by atoms with van der Waals surface area (Å²) < 4.78 is 2.01. The summed E-state index contributed by atoms with van der Waals surface area (Å²) in [6.45, 7) is 2.53. The molecule has 0 N–H and O–H groups in total. The van der Waals surface area contributed by atoms with Crippen LogP contribution in [-0.4, -0.2) is 20.5 Å². The fourth-order valence-corrected chi connectivity index (χ4v) is 1.59. The van der Waals surface area contributed by atoms with Crippen LogP contribution in [0.25, 0.3) is 0 Å². The highest BCUT2D eigenvalue weighted by Gasteiger charge is 2.22. The average Bonchev–Trinajstić information content (AvgIpc) is 2.49. The van der Waals surface area contributed by atoms with E-state index in [1.807, 2.05) is 4.57 Å². The molecule has 0 aromatic carbocycles. The molecule has 0 saturated heterocycles. The second-order valence-electron chi connectivity index (χ2n) is 3.24. The van der Waals surface area contributed by atoms with Crippen molar-refractivity contribution in [3.8, 4) is 0 Å². The molecule has 4 heteroatoms. The lowest BCUT2D eigenvalue weighted by Crippen LogP contribution is -2.24. The lowest BCUT2D eigenvalue weighted by Gasteiger charge is -2.19. The number of carbonyl (C=O) groups is 1. The van der Waals surface area contributed by atoms with E-state index in [1.165, 1.54) is 0 Å². The van der Waals surface area contributed by atoms with Crippen LogP contribution in [0.15, 0.2) is 6.33 Å². The van der Waals surface area contributed by atoms with E-state index >= 15 is 0 Å². The number of ketones is 1. The molecule has 1 aliphatic rings. The lowest BCUT2D eigenvalue weighted by atomic mass is 9.94. The highest BCUT2D eigenvalue weighted by molar-refractivity contribution is 5.78.